The highest BCUT2D eigenvalue weighted by Crippen LogP contribution is 2.36. The first-order valence-corrected chi connectivity index (χ1v) is 16.3. The van der Waals surface area contributed by atoms with Crippen LogP contribution in [0.5, 0.6) is 0 Å². The van der Waals surface area contributed by atoms with Crippen LogP contribution in [-0.2, 0) is 31.8 Å². The second kappa shape index (κ2) is 14.3. The van der Waals surface area contributed by atoms with E-state index in [2.05, 4.69) is 54.8 Å². The van der Waals surface area contributed by atoms with Gasteiger partial charge in [0.1, 0.15) is 24.6 Å². The smallest absolute Gasteiger partial charge is 0.413 e. The number of hydrogen-bond donors (Lipinski definition) is 3. The van der Waals surface area contributed by atoms with Crippen LogP contribution in [0.3, 0.4) is 0 Å². The Hall–Kier alpha value is -3.71. The monoisotopic (exact) mass is 589 g/mol. The lowest BCUT2D eigenvalue weighted by molar-refractivity contribution is -0.122. The molecule has 3 N–H and O–H groups in total. The third-order valence-electron chi connectivity index (χ3n) is 6.34. The van der Waals surface area contributed by atoms with Crippen molar-refractivity contribution >= 4 is 32.2 Å². The Morgan fingerprint density at radius 3 is 2.24 bits per heavy atom. The van der Waals surface area contributed by atoms with Crippen LogP contribution in [0.4, 0.5) is 15.4 Å². The molecule has 0 radical (unpaired) electrons. The molecule has 1 aromatic carbocycles. The molecule has 0 spiro atoms. The van der Waals surface area contributed by atoms with Gasteiger partial charge in [0.05, 0.1) is 12.6 Å². The van der Waals surface area contributed by atoms with E-state index in [1.165, 1.54) is 12.3 Å². The van der Waals surface area contributed by atoms with Crippen molar-refractivity contribution in [2.45, 2.75) is 84.5 Å². The molecule has 0 saturated carbocycles. The highest BCUT2D eigenvalue weighted by atomic mass is 28.4. The fourth-order valence-electron chi connectivity index (χ4n) is 3.11. The Balaban J connectivity index is 1.99. The summed E-state index contributed by atoms with van der Waals surface area (Å²) in [5.74, 6) is -0.487. The zero-order valence-electron chi connectivity index (χ0n) is 25.2. The summed E-state index contributed by atoms with van der Waals surface area (Å²) >= 11 is 0. The van der Waals surface area contributed by atoms with E-state index in [0.717, 1.165) is 10.1 Å². The van der Waals surface area contributed by atoms with Gasteiger partial charge in [0.2, 0.25) is 5.91 Å². The van der Waals surface area contributed by atoms with Gasteiger partial charge in [-0.3, -0.25) is 14.7 Å². The Kier molecular flexibility index (Phi) is 11.7. The highest BCUT2D eigenvalue weighted by molar-refractivity contribution is 6.74. The van der Waals surface area contributed by atoms with Crippen molar-refractivity contribution in [3.05, 3.63) is 58.6 Å². The molecule has 13 heteroatoms. The highest BCUT2D eigenvalue weighted by Gasteiger charge is 2.37. The van der Waals surface area contributed by atoms with Crippen LogP contribution in [0.15, 0.2) is 47.4 Å². The lowest BCUT2D eigenvalue weighted by atomic mass is 10.2. The Bertz CT molecular complexity index is 1240. The van der Waals surface area contributed by atoms with Gasteiger partial charge in [0.25, 0.3) is 0 Å². The zero-order valence-corrected chi connectivity index (χ0v) is 26.2. The summed E-state index contributed by atoms with van der Waals surface area (Å²) in [6, 6.07) is 9.95. The average molecular weight is 590 g/mol. The third kappa shape index (κ3) is 12.1. The van der Waals surface area contributed by atoms with Crippen LogP contribution >= 0.6 is 0 Å². The van der Waals surface area contributed by atoms with E-state index in [-0.39, 0.29) is 37.2 Å². The van der Waals surface area contributed by atoms with Gasteiger partial charge in [-0.1, -0.05) is 51.1 Å². The maximum Gasteiger partial charge on any atom is 0.413 e. The SMILES string of the molecule is CC(C)(C)OC(=O)NC[C@H](CO[Si](C)(C)C(C)(C)C)NC(=O)Cn1ccc(NC(=O)OCc2ccccc2)nc1=O. The van der Waals surface area contributed by atoms with E-state index in [1.807, 2.05) is 30.3 Å². The van der Waals surface area contributed by atoms with E-state index in [4.69, 9.17) is 13.9 Å². The molecule has 12 nitrogen and oxygen atoms in total. The van der Waals surface area contributed by atoms with Gasteiger partial charge >= 0.3 is 17.9 Å². The Morgan fingerprint density at radius 2 is 1.66 bits per heavy atom. The lowest BCUT2D eigenvalue weighted by Crippen LogP contribution is -2.51. The normalized spacial score (nSPS) is 12.7. The number of nitrogens with one attached hydrogen (secondary N) is 3. The van der Waals surface area contributed by atoms with Crippen molar-refractivity contribution in [2.24, 2.45) is 0 Å². The summed E-state index contributed by atoms with van der Waals surface area (Å²) in [5, 5.41) is 7.84. The van der Waals surface area contributed by atoms with Gasteiger partial charge < -0.3 is 24.5 Å². The predicted octanol–water partition coefficient (Wildman–Crippen LogP) is 4.02. The van der Waals surface area contributed by atoms with Gasteiger partial charge in [-0.25, -0.2) is 14.4 Å². The van der Waals surface area contributed by atoms with E-state index in [0.29, 0.717) is 0 Å². The number of hydrogen-bond acceptors (Lipinski definition) is 8. The van der Waals surface area contributed by atoms with Crippen LogP contribution < -0.4 is 21.6 Å². The van der Waals surface area contributed by atoms with Crippen LogP contribution in [0, 0.1) is 0 Å². The molecule has 0 aliphatic carbocycles. The van der Waals surface area contributed by atoms with Crippen molar-refractivity contribution in [3.63, 3.8) is 0 Å². The number of benzene rings is 1. The number of anilines is 1. The summed E-state index contributed by atoms with van der Waals surface area (Å²) < 4.78 is 17.8. The van der Waals surface area contributed by atoms with E-state index in [9.17, 15) is 19.2 Å². The van der Waals surface area contributed by atoms with Crippen molar-refractivity contribution in [3.8, 4) is 0 Å². The molecule has 2 rings (SSSR count). The number of ether oxygens (including phenoxy) is 2. The van der Waals surface area contributed by atoms with Crippen LogP contribution in [0.25, 0.3) is 0 Å². The van der Waals surface area contributed by atoms with Crippen molar-refractivity contribution in [1.82, 2.24) is 20.2 Å². The first-order valence-electron chi connectivity index (χ1n) is 13.4. The maximum atomic E-state index is 12.9. The van der Waals surface area contributed by atoms with Crippen molar-refractivity contribution in [2.75, 3.05) is 18.5 Å². The Morgan fingerprint density at radius 1 is 1.00 bits per heavy atom. The molecule has 3 amide bonds. The second-order valence-electron chi connectivity index (χ2n) is 12.1. The van der Waals surface area contributed by atoms with Gasteiger partial charge in [0, 0.05) is 12.7 Å². The molecule has 0 saturated heterocycles. The van der Waals surface area contributed by atoms with Crippen LogP contribution in [-0.4, -0.2) is 60.8 Å². The minimum absolute atomic E-state index is 0.00747. The topological polar surface area (TPSA) is 150 Å². The number of nitrogens with zero attached hydrogens (tertiary/aromatic N) is 2. The molecular formula is C28H43N5O7Si. The molecule has 2 aromatic rings. The summed E-state index contributed by atoms with van der Waals surface area (Å²) in [7, 11) is -2.15. The largest absolute Gasteiger partial charge is 0.444 e. The summed E-state index contributed by atoms with van der Waals surface area (Å²) in [6.07, 6.45) is -0.0323. The van der Waals surface area contributed by atoms with Gasteiger partial charge in [-0.05, 0) is 50.5 Å². The van der Waals surface area contributed by atoms with Gasteiger partial charge in [-0.15, -0.1) is 0 Å². The molecule has 0 fully saturated rings. The molecule has 1 aromatic heterocycles. The number of carbonyl (C=O) groups is 3. The molecular weight excluding hydrogens is 546 g/mol. The molecule has 226 valence electrons. The summed E-state index contributed by atoms with van der Waals surface area (Å²) in [5.41, 5.74) is -0.595. The number of alkyl carbamates (subject to hydrolysis) is 1. The molecule has 0 bridgehead atoms. The molecule has 41 heavy (non-hydrogen) atoms. The first-order chi connectivity index (χ1) is 18.9. The summed E-state index contributed by atoms with van der Waals surface area (Å²) in [4.78, 5) is 53.5. The molecule has 1 atom stereocenters. The molecule has 1 heterocycles. The van der Waals surface area contributed by atoms with Crippen molar-refractivity contribution in [1.29, 1.82) is 0 Å². The lowest BCUT2D eigenvalue weighted by Gasteiger charge is -2.37. The van der Waals surface area contributed by atoms with Gasteiger partial charge in [-0.2, -0.15) is 4.98 Å². The zero-order chi connectivity index (χ0) is 30.8. The number of aromatic nitrogens is 2. The van der Waals surface area contributed by atoms with E-state index >= 15 is 0 Å². The predicted molar refractivity (Wildman–Crippen MR) is 158 cm³/mol. The quantitative estimate of drug-likeness (QED) is 0.333. The fraction of sp³-hybridized carbons (Fsp3) is 0.536. The van der Waals surface area contributed by atoms with Crippen LogP contribution in [0.2, 0.25) is 18.1 Å². The summed E-state index contributed by atoms with van der Waals surface area (Å²) in [6.45, 7) is 15.7. The average Bonchev–Trinajstić information content (AvgIpc) is 2.85. The molecule has 0 unspecified atom stereocenters. The Labute approximate surface area is 242 Å². The minimum atomic E-state index is -2.15. The van der Waals surface area contributed by atoms with E-state index < -0.39 is 43.7 Å². The maximum absolute atomic E-state index is 12.9. The first kappa shape index (κ1) is 33.5. The molecule has 0 aliphatic rings. The van der Waals surface area contributed by atoms with E-state index in [1.54, 1.807) is 20.8 Å². The molecule has 0 aliphatic heterocycles. The van der Waals surface area contributed by atoms with Crippen molar-refractivity contribution < 1.29 is 28.3 Å². The van der Waals surface area contributed by atoms with Gasteiger partial charge in [0.15, 0.2) is 8.32 Å². The third-order valence-corrected chi connectivity index (χ3v) is 10.8. The minimum Gasteiger partial charge on any atom is -0.444 e. The number of rotatable bonds is 11. The fourth-order valence-corrected chi connectivity index (χ4v) is 4.16. The number of carbonyl (C=O) groups excluding carboxylic acids is 3. The van der Waals surface area contributed by atoms with Crippen LogP contribution in [0.1, 0.15) is 47.1 Å². The number of amides is 3. The second-order valence-corrected chi connectivity index (χ2v) is 16.9. The standard InChI is InChI=1S/C28H43N5O7Si/c1-27(2,3)40-25(36)29-16-21(19-39-41(7,8)28(4,5)6)30-23(34)17-33-15-14-22(31-24(33)35)32-26(37)38-18-20-12-10-9-11-13-20/h9-15,21H,16-19H2,1-8H3,(H,29,36)(H,30,34)(H,31,32,35,37)/t21-/m1/s1.